The molecule has 0 saturated heterocycles. The van der Waals surface area contributed by atoms with E-state index in [4.69, 9.17) is 4.74 Å². The van der Waals surface area contributed by atoms with Gasteiger partial charge in [-0.15, -0.1) is 0 Å². The molecule has 3 aromatic rings. The molecule has 0 unspecified atom stereocenters. The van der Waals surface area contributed by atoms with E-state index < -0.39 is 11.7 Å². The van der Waals surface area contributed by atoms with Crippen molar-refractivity contribution in [3.05, 3.63) is 54.0 Å². The third kappa shape index (κ3) is 3.60. The molecule has 128 valence electrons. The Bertz CT molecular complexity index is 965. The van der Waals surface area contributed by atoms with Gasteiger partial charge in [0.05, 0.1) is 12.8 Å². The molecule has 1 aromatic heterocycles. The molecule has 0 aliphatic carbocycles. The molecule has 1 heterocycles. The number of methoxy groups -OCH3 is 1. The van der Waals surface area contributed by atoms with Crippen molar-refractivity contribution in [2.24, 2.45) is 0 Å². The monoisotopic (exact) mass is 341 g/mol. The van der Waals surface area contributed by atoms with Crippen molar-refractivity contribution in [1.82, 2.24) is 4.98 Å². The molecule has 2 amide bonds. The summed E-state index contributed by atoms with van der Waals surface area (Å²) in [6.45, 7) is 1.28. The maximum atomic E-state index is 13.7. The number of hydrogen-bond acceptors (Lipinski definition) is 3. The summed E-state index contributed by atoms with van der Waals surface area (Å²) in [5, 5.41) is 5.91. The topological polar surface area (TPSA) is 83.2 Å². The van der Waals surface area contributed by atoms with Gasteiger partial charge in [0.2, 0.25) is 5.91 Å². The molecule has 0 atom stereocenters. The van der Waals surface area contributed by atoms with Crippen molar-refractivity contribution >= 4 is 34.1 Å². The van der Waals surface area contributed by atoms with E-state index in [9.17, 15) is 14.0 Å². The number of H-pyrrole nitrogens is 1. The van der Waals surface area contributed by atoms with Gasteiger partial charge in [0.15, 0.2) is 0 Å². The number of anilines is 2. The number of rotatable bonds is 4. The van der Waals surface area contributed by atoms with Crippen LogP contribution in [0.4, 0.5) is 15.8 Å². The van der Waals surface area contributed by atoms with Crippen LogP contribution in [0.15, 0.2) is 42.5 Å². The molecule has 7 heteroatoms. The summed E-state index contributed by atoms with van der Waals surface area (Å²) >= 11 is 0. The van der Waals surface area contributed by atoms with Gasteiger partial charge in [0, 0.05) is 29.6 Å². The van der Waals surface area contributed by atoms with Gasteiger partial charge in [-0.1, -0.05) is 0 Å². The predicted molar refractivity (Wildman–Crippen MR) is 93.5 cm³/mol. The highest BCUT2D eigenvalue weighted by molar-refractivity contribution is 6.06. The van der Waals surface area contributed by atoms with Crippen LogP contribution in [0, 0.1) is 5.82 Å². The molecular weight excluding hydrogens is 325 g/mol. The zero-order chi connectivity index (χ0) is 18.0. The lowest BCUT2D eigenvalue weighted by Gasteiger charge is -2.08. The molecular formula is C18H16FN3O3. The fraction of sp³-hybridized carbons (Fsp3) is 0.111. The van der Waals surface area contributed by atoms with Crippen LogP contribution >= 0.6 is 0 Å². The first-order chi connectivity index (χ1) is 12.0. The van der Waals surface area contributed by atoms with Crippen molar-refractivity contribution in [3.8, 4) is 5.75 Å². The lowest BCUT2D eigenvalue weighted by atomic mass is 10.2. The van der Waals surface area contributed by atoms with E-state index in [1.807, 2.05) is 6.07 Å². The van der Waals surface area contributed by atoms with Gasteiger partial charge in [-0.25, -0.2) is 4.39 Å². The Morgan fingerprint density at radius 2 is 1.88 bits per heavy atom. The number of aromatic amines is 1. The first-order valence-corrected chi connectivity index (χ1v) is 7.51. The van der Waals surface area contributed by atoms with Crippen LogP contribution in [0.5, 0.6) is 5.75 Å². The molecule has 3 N–H and O–H groups in total. The molecule has 0 spiro atoms. The fourth-order valence-corrected chi connectivity index (χ4v) is 2.44. The molecule has 3 rings (SSSR count). The summed E-state index contributed by atoms with van der Waals surface area (Å²) in [4.78, 5) is 26.5. The second-order valence-electron chi connectivity index (χ2n) is 5.47. The number of halogens is 1. The number of hydrogen-bond donors (Lipinski definition) is 3. The summed E-state index contributed by atoms with van der Waals surface area (Å²) in [5.74, 6) is -0.673. The van der Waals surface area contributed by atoms with Gasteiger partial charge in [-0.05, 0) is 36.4 Å². The average Bonchev–Trinajstić information content (AvgIpc) is 3.00. The average molecular weight is 341 g/mol. The Morgan fingerprint density at radius 3 is 2.60 bits per heavy atom. The van der Waals surface area contributed by atoms with Crippen molar-refractivity contribution in [2.75, 3.05) is 17.7 Å². The number of fused-ring (bicyclic) bond motifs is 1. The molecule has 25 heavy (non-hydrogen) atoms. The SMILES string of the molecule is COc1ccc2cc(C(=O)Nc3ccc(F)c(NC(C)=O)c3)[nH]c2c1. The minimum Gasteiger partial charge on any atom is -0.497 e. The number of carbonyl (C=O) groups excluding carboxylic acids is 2. The molecule has 0 bridgehead atoms. The van der Waals surface area contributed by atoms with Crippen molar-refractivity contribution in [1.29, 1.82) is 0 Å². The summed E-state index contributed by atoms with van der Waals surface area (Å²) in [6.07, 6.45) is 0. The summed E-state index contributed by atoms with van der Waals surface area (Å²) in [6, 6.07) is 11.1. The Morgan fingerprint density at radius 1 is 1.08 bits per heavy atom. The maximum absolute atomic E-state index is 13.7. The Kier molecular flexibility index (Phi) is 4.38. The van der Waals surface area contributed by atoms with Crippen molar-refractivity contribution in [2.45, 2.75) is 6.92 Å². The lowest BCUT2D eigenvalue weighted by Crippen LogP contribution is -2.13. The Labute approximate surface area is 143 Å². The van der Waals surface area contributed by atoms with Crippen molar-refractivity contribution < 1.29 is 18.7 Å². The fourth-order valence-electron chi connectivity index (χ4n) is 2.44. The van der Waals surface area contributed by atoms with Crippen molar-refractivity contribution in [3.63, 3.8) is 0 Å². The van der Waals surface area contributed by atoms with Gasteiger partial charge < -0.3 is 20.4 Å². The highest BCUT2D eigenvalue weighted by atomic mass is 19.1. The normalized spacial score (nSPS) is 10.5. The summed E-state index contributed by atoms with van der Waals surface area (Å²) in [5.41, 5.74) is 1.49. The van der Waals surface area contributed by atoms with E-state index in [0.29, 0.717) is 17.1 Å². The van der Waals surface area contributed by atoms with Crippen LogP contribution in [0.25, 0.3) is 10.9 Å². The van der Waals surface area contributed by atoms with E-state index in [-0.39, 0.29) is 11.6 Å². The second-order valence-corrected chi connectivity index (χ2v) is 5.47. The first-order valence-electron chi connectivity index (χ1n) is 7.51. The lowest BCUT2D eigenvalue weighted by molar-refractivity contribution is -0.114. The van der Waals surface area contributed by atoms with Crippen LogP contribution in [-0.4, -0.2) is 23.9 Å². The number of ether oxygens (including phenoxy) is 1. The van der Waals surface area contributed by atoms with E-state index >= 15 is 0 Å². The molecule has 0 aliphatic heterocycles. The van der Waals surface area contributed by atoms with Crippen LogP contribution in [-0.2, 0) is 4.79 Å². The van der Waals surface area contributed by atoms with Gasteiger partial charge in [-0.3, -0.25) is 9.59 Å². The molecule has 0 radical (unpaired) electrons. The molecule has 0 aliphatic rings. The molecule has 6 nitrogen and oxygen atoms in total. The second kappa shape index (κ2) is 6.64. The van der Waals surface area contributed by atoms with Crippen LogP contribution in [0.1, 0.15) is 17.4 Å². The van der Waals surface area contributed by atoms with Gasteiger partial charge in [0.25, 0.3) is 5.91 Å². The van der Waals surface area contributed by atoms with Gasteiger partial charge >= 0.3 is 0 Å². The summed E-state index contributed by atoms with van der Waals surface area (Å²) < 4.78 is 18.8. The van der Waals surface area contributed by atoms with Crippen LogP contribution < -0.4 is 15.4 Å². The van der Waals surface area contributed by atoms with E-state index in [2.05, 4.69) is 15.6 Å². The van der Waals surface area contributed by atoms with Crippen LogP contribution in [0.3, 0.4) is 0 Å². The number of aromatic nitrogens is 1. The smallest absolute Gasteiger partial charge is 0.272 e. The van der Waals surface area contributed by atoms with E-state index in [1.54, 1.807) is 25.3 Å². The third-order valence-corrected chi connectivity index (χ3v) is 3.61. The first kappa shape index (κ1) is 16.5. The number of nitrogens with one attached hydrogen (secondary N) is 3. The van der Waals surface area contributed by atoms with Gasteiger partial charge in [-0.2, -0.15) is 0 Å². The minimum atomic E-state index is -0.578. The van der Waals surface area contributed by atoms with Gasteiger partial charge in [0.1, 0.15) is 17.3 Å². The number of amides is 2. The predicted octanol–water partition coefficient (Wildman–Crippen LogP) is 3.53. The van der Waals surface area contributed by atoms with E-state index in [0.717, 1.165) is 10.9 Å². The maximum Gasteiger partial charge on any atom is 0.272 e. The largest absolute Gasteiger partial charge is 0.497 e. The molecule has 0 saturated carbocycles. The number of benzene rings is 2. The number of carbonyl (C=O) groups is 2. The zero-order valence-corrected chi connectivity index (χ0v) is 13.6. The molecule has 0 fully saturated rings. The highest BCUT2D eigenvalue weighted by Crippen LogP contribution is 2.23. The standard InChI is InChI=1S/C18H16FN3O3/c1-10(23)20-16-8-12(4-6-14(16)19)21-18(24)17-7-11-3-5-13(25-2)9-15(11)22-17/h3-9,22H,1-2H3,(H,20,23)(H,21,24). The minimum absolute atomic E-state index is 0.00619. The molecule has 2 aromatic carbocycles. The van der Waals surface area contributed by atoms with E-state index in [1.165, 1.54) is 25.1 Å². The van der Waals surface area contributed by atoms with Crippen LogP contribution in [0.2, 0.25) is 0 Å². The zero-order valence-electron chi connectivity index (χ0n) is 13.6. The third-order valence-electron chi connectivity index (χ3n) is 3.61. The quantitative estimate of drug-likeness (QED) is 0.679. The summed E-state index contributed by atoms with van der Waals surface area (Å²) in [7, 11) is 1.57. The highest BCUT2D eigenvalue weighted by Gasteiger charge is 2.12. The Hall–Kier alpha value is -3.35. The Balaban J connectivity index is 1.83.